The van der Waals surface area contributed by atoms with Gasteiger partial charge in [-0.25, -0.2) is 0 Å². The van der Waals surface area contributed by atoms with Crippen LogP contribution in [0.3, 0.4) is 0 Å². The van der Waals surface area contributed by atoms with Crippen molar-refractivity contribution in [3.05, 3.63) is 94.5 Å². The van der Waals surface area contributed by atoms with E-state index in [0.717, 1.165) is 27.9 Å². The van der Waals surface area contributed by atoms with Crippen LogP contribution in [0.1, 0.15) is 32.6 Å². The van der Waals surface area contributed by atoms with Crippen molar-refractivity contribution in [2.45, 2.75) is 27.3 Å². The normalized spacial score (nSPS) is 10.4. The average Bonchev–Trinajstić information content (AvgIpc) is 2.74. The van der Waals surface area contributed by atoms with Gasteiger partial charge in [0.1, 0.15) is 5.75 Å². The van der Waals surface area contributed by atoms with Gasteiger partial charge in [-0.05, 0) is 49.6 Å². The second kappa shape index (κ2) is 9.74. The molecule has 0 radical (unpaired) electrons. The summed E-state index contributed by atoms with van der Waals surface area (Å²) in [6, 6.07) is 20.6. The van der Waals surface area contributed by atoms with Gasteiger partial charge in [-0.15, -0.1) is 0 Å². The molecule has 5 heteroatoms. The molecule has 0 heterocycles. The van der Waals surface area contributed by atoms with Crippen LogP contribution in [-0.2, 0) is 11.3 Å². The van der Waals surface area contributed by atoms with E-state index in [0.29, 0.717) is 17.9 Å². The molecule has 3 aromatic carbocycles. The SMILES string of the molecule is Cc1cc(C)c(NC(=O)COc2ccccc2C(=O)NCc2ccccc2)c(C)c1. The molecule has 0 aromatic heterocycles. The second-order valence-corrected chi connectivity index (χ2v) is 7.28. The minimum Gasteiger partial charge on any atom is -0.483 e. The zero-order valence-electron chi connectivity index (χ0n) is 17.5. The Balaban J connectivity index is 1.62. The first-order chi connectivity index (χ1) is 14.4. The van der Waals surface area contributed by atoms with E-state index < -0.39 is 0 Å². The lowest BCUT2D eigenvalue weighted by Gasteiger charge is -2.14. The van der Waals surface area contributed by atoms with Gasteiger partial charge in [-0.2, -0.15) is 0 Å². The molecule has 0 spiro atoms. The van der Waals surface area contributed by atoms with Crippen LogP contribution in [0.5, 0.6) is 5.75 Å². The van der Waals surface area contributed by atoms with Crippen LogP contribution >= 0.6 is 0 Å². The molecule has 0 saturated heterocycles. The molecule has 2 amide bonds. The van der Waals surface area contributed by atoms with E-state index in [1.807, 2.05) is 63.2 Å². The number of para-hydroxylation sites is 1. The molecule has 0 aliphatic heterocycles. The minimum atomic E-state index is -0.274. The average molecular weight is 402 g/mol. The van der Waals surface area contributed by atoms with Crippen molar-refractivity contribution < 1.29 is 14.3 Å². The lowest BCUT2D eigenvalue weighted by Crippen LogP contribution is -2.25. The van der Waals surface area contributed by atoms with Crippen LogP contribution in [0, 0.1) is 20.8 Å². The monoisotopic (exact) mass is 402 g/mol. The number of aryl methyl sites for hydroxylation is 3. The summed E-state index contributed by atoms with van der Waals surface area (Å²) in [4.78, 5) is 25.0. The van der Waals surface area contributed by atoms with E-state index in [-0.39, 0.29) is 18.4 Å². The molecule has 0 atom stereocenters. The predicted octanol–water partition coefficient (Wildman–Crippen LogP) is 4.56. The molecule has 0 fully saturated rings. The first-order valence-corrected chi connectivity index (χ1v) is 9.85. The Morgan fingerprint density at radius 3 is 2.20 bits per heavy atom. The molecule has 0 saturated carbocycles. The maximum Gasteiger partial charge on any atom is 0.262 e. The summed E-state index contributed by atoms with van der Waals surface area (Å²) < 4.78 is 5.67. The molecular formula is C25H26N2O3. The summed E-state index contributed by atoms with van der Waals surface area (Å²) in [6.07, 6.45) is 0. The number of nitrogens with one attached hydrogen (secondary N) is 2. The summed E-state index contributed by atoms with van der Waals surface area (Å²) in [5.41, 5.74) is 5.34. The molecule has 30 heavy (non-hydrogen) atoms. The van der Waals surface area contributed by atoms with Crippen LogP contribution in [0.15, 0.2) is 66.7 Å². The maximum atomic E-state index is 12.6. The number of rotatable bonds is 7. The lowest BCUT2D eigenvalue weighted by molar-refractivity contribution is -0.118. The number of ether oxygens (including phenoxy) is 1. The summed E-state index contributed by atoms with van der Waals surface area (Å²) in [7, 11) is 0. The van der Waals surface area contributed by atoms with Gasteiger partial charge >= 0.3 is 0 Å². The van der Waals surface area contributed by atoms with Gasteiger partial charge < -0.3 is 15.4 Å². The Kier molecular flexibility index (Phi) is 6.86. The molecule has 0 aliphatic rings. The van der Waals surface area contributed by atoms with E-state index in [9.17, 15) is 9.59 Å². The highest BCUT2D eigenvalue weighted by atomic mass is 16.5. The zero-order valence-corrected chi connectivity index (χ0v) is 17.5. The third kappa shape index (κ3) is 5.47. The molecule has 154 valence electrons. The van der Waals surface area contributed by atoms with Crippen LogP contribution in [0.25, 0.3) is 0 Å². The van der Waals surface area contributed by atoms with Gasteiger partial charge in [0.2, 0.25) is 0 Å². The minimum absolute atomic E-state index is 0.185. The summed E-state index contributed by atoms with van der Waals surface area (Å²) in [6.45, 7) is 6.18. The van der Waals surface area contributed by atoms with Crippen molar-refractivity contribution in [2.24, 2.45) is 0 Å². The highest BCUT2D eigenvalue weighted by molar-refractivity contribution is 5.97. The van der Waals surface area contributed by atoms with E-state index in [1.54, 1.807) is 24.3 Å². The van der Waals surface area contributed by atoms with E-state index in [4.69, 9.17) is 4.74 Å². The zero-order chi connectivity index (χ0) is 21.5. The Bertz CT molecular complexity index is 1020. The highest BCUT2D eigenvalue weighted by Crippen LogP contribution is 2.22. The largest absolute Gasteiger partial charge is 0.483 e. The maximum absolute atomic E-state index is 12.6. The molecule has 0 bridgehead atoms. The van der Waals surface area contributed by atoms with E-state index in [2.05, 4.69) is 10.6 Å². The van der Waals surface area contributed by atoms with Crippen LogP contribution in [0.2, 0.25) is 0 Å². The number of hydrogen-bond acceptors (Lipinski definition) is 3. The van der Waals surface area contributed by atoms with Gasteiger partial charge in [0.25, 0.3) is 11.8 Å². The molecule has 3 aromatic rings. The molecule has 0 unspecified atom stereocenters. The van der Waals surface area contributed by atoms with Crippen LogP contribution in [0.4, 0.5) is 5.69 Å². The van der Waals surface area contributed by atoms with E-state index in [1.165, 1.54) is 0 Å². The molecule has 5 nitrogen and oxygen atoms in total. The van der Waals surface area contributed by atoms with Crippen LogP contribution in [-0.4, -0.2) is 18.4 Å². The number of hydrogen-bond donors (Lipinski definition) is 2. The highest BCUT2D eigenvalue weighted by Gasteiger charge is 2.14. The first kappa shape index (κ1) is 21.1. The van der Waals surface area contributed by atoms with Gasteiger partial charge in [-0.3, -0.25) is 9.59 Å². The summed E-state index contributed by atoms with van der Waals surface area (Å²) in [5.74, 6) is -0.153. The Morgan fingerprint density at radius 1 is 0.867 bits per heavy atom. The molecular weight excluding hydrogens is 376 g/mol. The third-order valence-corrected chi connectivity index (χ3v) is 4.73. The quantitative estimate of drug-likeness (QED) is 0.609. The fraction of sp³-hybridized carbons (Fsp3) is 0.200. The van der Waals surface area contributed by atoms with Gasteiger partial charge in [0, 0.05) is 12.2 Å². The Labute approximate surface area is 177 Å². The fourth-order valence-corrected chi connectivity index (χ4v) is 3.35. The molecule has 2 N–H and O–H groups in total. The Morgan fingerprint density at radius 2 is 1.50 bits per heavy atom. The van der Waals surface area contributed by atoms with Crippen molar-refractivity contribution in [1.29, 1.82) is 0 Å². The smallest absolute Gasteiger partial charge is 0.262 e. The van der Waals surface area contributed by atoms with Crippen molar-refractivity contribution in [3.63, 3.8) is 0 Å². The number of benzene rings is 3. The van der Waals surface area contributed by atoms with Gasteiger partial charge in [-0.1, -0.05) is 60.2 Å². The number of amides is 2. The standard InChI is InChI=1S/C25H26N2O3/c1-17-13-18(2)24(19(3)14-17)27-23(28)16-30-22-12-8-7-11-21(22)25(29)26-15-20-9-5-4-6-10-20/h4-14H,15-16H2,1-3H3,(H,26,29)(H,27,28). The van der Waals surface area contributed by atoms with Crippen molar-refractivity contribution in [3.8, 4) is 5.75 Å². The summed E-state index contributed by atoms with van der Waals surface area (Å²) >= 11 is 0. The van der Waals surface area contributed by atoms with Crippen LogP contribution < -0.4 is 15.4 Å². The lowest BCUT2D eigenvalue weighted by atomic mass is 10.1. The Hall–Kier alpha value is -3.60. The van der Waals surface area contributed by atoms with Gasteiger partial charge in [0.05, 0.1) is 5.56 Å². The first-order valence-electron chi connectivity index (χ1n) is 9.85. The number of carbonyl (C=O) groups is 2. The molecule has 3 rings (SSSR count). The summed E-state index contributed by atoms with van der Waals surface area (Å²) in [5, 5.41) is 5.79. The predicted molar refractivity (Wildman–Crippen MR) is 119 cm³/mol. The topological polar surface area (TPSA) is 67.4 Å². The van der Waals surface area contributed by atoms with Crippen molar-refractivity contribution in [1.82, 2.24) is 5.32 Å². The number of carbonyl (C=O) groups excluding carboxylic acids is 2. The number of anilines is 1. The van der Waals surface area contributed by atoms with Crippen molar-refractivity contribution >= 4 is 17.5 Å². The second-order valence-electron chi connectivity index (χ2n) is 7.28. The molecule has 0 aliphatic carbocycles. The van der Waals surface area contributed by atoms with Gasteiger partial charge in [0.15, 0.2) is 6.61 Å². The van der Waals surface area contributed by atoms with Crippen molar-refractivity contribution in [2.75, 3.05) is 11.9 Å². The van der Waals surface area contributed by atoms with E-state index >= 15 is 0 Å². The third-order valence-electron chi connectivity index (χ3n) is 4.73. The fourth-order valence-electron chi connectivity index (χ4n) is 3.35.